The molecule has 102 valence electrons. The maximum Gasteiger partial charge on any atom is 0.245 e. The molecule has 0 spiro atoms. The molecule has 2 heterocycles. The Balaban J connectivity index is 1.79. The number of thioether (sulfide) groups is 1. The number of hydrogen-bond donors (Lipinski definition) is 1. The Kier molecular flexibility index (Phi) is 3.80. The first-order valence-corrected chi connectivity index (χ1v) is 8.14. The zero-order valence-electron chi connectivity index (χ0n) is 11.2. The van der Waals surface area contributed by atoms with E-state index in [1.807, 2.05) is 42.1 Å². The molecule has 4 heteroatoms. The molecule has 3 unspecified atom stereocenters. The number of hydrogen-bond acceptors (Lipinski definition) is 3. The summed E-state index contributed by atoms with van der Waals surface area (Å²) in [5.41, 5.74) is 1.07. The van der Waals surface area contributed by atoms with E-state index >= 15 is 0 Å². The molecule has 0 saturated carbocycles. The average molecular weight is 276 g/mol. The van der Waals surface area contributed by atoms with Gasteiger partial charge in [0.1, 0.15) is 6.04 Å². The molecule has 2 aliphatic rings. The van der Waals surface area contributed by atoms with Crippen molar-refractivity contribution in [2.24, 2.45) is 0 Å². The van der Waals surface area contributed by atoms with Crippen molar-refractivity contribution in [2.75, 3.05) is 11.5 Å². The summed E-state index contributed by atoms with van der Waals surface area (Å²) in [4.78, 5) is 14.7. The highest BCUT2D eigenvalue weighted by Crippen LogP contribution is 2.30. The molecule has 3 atom stereocenters. The van der Waals surface area contributed by atoms with Crippen molar-refractivity contribution in [3.8, 4) is 0 Å². The van der Waals surface area contributed by atoms with Gasteiger partial charge in [-0.1, -0.05) is 30.3 Å². The van der Waals surface area contributed by atoms with E-state index in [9.17, 15) is 4.79 Å². The van der Waals surface area contributed by atoms with Gasteiger partial charge in [0, 0.05) is 11.8 Å². The minimum atomic E-state index is -0.164. The van der Waals surface area contributed by atoms with Crippen molar-refractivity contribution in [3.05, 3.63) is 35.9 Å². The van der Waals surface area contributed by atoms with E-state index in [0.29, 0.717) is 6.04 Å². The van der Waals surface area contributed by atoms with Gasteiger partial charge in [-0.15, -0.1) is 0 Å². The number of nitrogens with one attached hydrogen (secondary N) is 1. The Morgan fingerprint density at radius 2 is 2.11 bits per heavy atom. The zero-order valence-corrected chi connectivity index (χ0v) is 12.0. The van der Waals surface area contributed by atoms with E-state index in [1.165, 1.54) is 12.2 Å². The molecule has 0 aromatic heterocycles. The number of amides is 1. The van der Waals surface area contributed by atoms with Crippen molar-refractivity contribution in [2.45, 2.75) is 38.0 Å². The molecule has 0 aliphatic carbocycles. The first kappa shape index (κ1) is 13.0. The summed E-state index contributed by atoms with van der Waals surface area (Å²) in [6, 6.07) is 10.3. The Labute approximate surface area is 118 Å². The zero-order chi connectivity index (χ0) is 13.2. The summed E-state index contributed by atoms with van der Waals surface area (Å²) in [6.07, 6.45) is 2.51. The lowest BCUT2D eigenvalue weighted by Gasteiger charge is -2.33. The van der Waals surface area contributed by atoms with Gasteiger partial charge in [0.05, 0.1) is 6.17 Å². The Morgan fingerprint density at radius 1 is 1.32 bits per heavy atom. The standard InChI is InChI=1S/C15H20N2OS/c1-11-16-14(12-6-3-2-4-7-12)15(18)17(11)13-8-5-9-19-10-13/h2-4,6-7,11,13-14,16H,5,8-10H2,1H3. The normalized spacial score (nSPS) is 31.7. The van der Waals surface area contributed by atoms with Crippen LogP contribution in [0.2, 0.25) is 0 Å². The Morgan fingerprint density at radius 3 is 2.79 bits per heavy atom. The van der Waals surface area contributed by atoms with Crippen molar-refractivity contribution in [3.63, 3.8) is 0 Å². The van der Waals surface area contributed by atoms with E-state index in [1.54, 1.807) is 0 Å². The number of benzene rings is 1. The van der Waals surface area contributed by atoms with Gasteiger partial charge >= 0.3 is 0 Å². The summed E-state index contributed by atoms with van der Waals surface area (Å²) in [7, 11) is 0. The van der Waals surface area contributed by atoms with Gasteiger partial charge in [0.15, 0.2) is 0 Å². The van der Waals surface area contributed by atoms with Crippen molar-refractivity contribution >= 4 is 17.7 Å². The molecule has 3 rings (SSSR count). The van der Waals surface area contributed by atoms with Crippen LogP contribution in [0.4, 0.5) is 0 Å². The minimum Gasteiger partial charge on any atom is -0.322 e. The fourth-order valence-corrected chi connectivity index (χ4v) is 4.19. The molecule has 19 heavy (non-hydrogen) atoms. The van der Waals surface area contributed by atoms with E-state index in [4.69, 9.17) is 0 Å². The second-order valence-electron chi connectivity index (χ2n) is 5.30. The Hall–Kier alpha value is -1.00. The highest BCUT2D eigenvalue weighted by molar-refractivity contribution is 7.99. The lowest BCUT2D eigenvalue weighted by Crippen LogP contribution is -2.45. The third-order valence-corrected chi connectivity index (χ3v) is 5.19. The third-order valence-electron chi connectivity index (χ3n) is 3.99. The molecule has 2 aliphatic heterocycles. The van der Waals surface area contributed by atoms with Crippen LogP contribution in [0.1, 0.15) is 31.4 Å². The third kappa shape index (κ3) is 2.51. The molecule has 0 bridgehead atoms. The lowest BCUT2D eigenvalue weighted by molar-refractivity contribution is -0.131. The van der Waals surface area contributed by atoms with Crippen LogP contribution in [-0.4, -0.2) is 34.5 Å². The highest BCUT2D eigenvalue weighted by Gasteiger charge is 2.41. The van der Waals surface area contributed by atoms with Crippen LogP contribution in [0.3, 0.4) is 0 Å². The van der Waals surface area contributed by atoms with Crippen LogP contribution in [0, 0.1) is 0 Å². The molecule has 0 radical (unpaired) electrons. The smallest absolute Gasteiger partial charge is 0.245 e. The summed E-state index contributed by atoms with van der Waals surface area (Å²) < 4.78 is 0. The maximum atomic E-state index is 12.7. The van der Waals surface area contributed by atoms with Gasteiger partial charge in [-0.3, -0.25) is 10.1 Å². The van der Waals surface area contributed by atoms with Crippen molar-refractivity contribution in [1.82, 2.24) is 10.2 Å². The Bertz CT molecular complexity index is 445. The van der Waals surface area contributed by atoms with E-state index in [2.05, 4.69) is 17.1 Å². The number of carbonyl (C=O) groups excluding carboxylic acids is 1. The molecule has 2 saturated heterocycles. The fourth-order valence-electron chi connectivity index (χ4n) is 3.06. The molecular weight excluding hydrogens is 256 g/mol. The molecule has 1 N–H and O–H groups in total. The van der Waals surface area contributed by atoms with E-state index in [-0.39, 0.29) is 18.1 Å². The molecule has 1 amide bonds. The van der Waals surface area contributed by atoms with Gasteiger partial charge in [-0.2, -0.15) is 11.8 Å². The monoisotopic (exact) mass is 276 g/mol. The van der Waals surface area contributed by atoms with Gasteiger partial charge in [0.2, 0.25) is 5.91 Å². The second kappa shape index (κ2) is 5.55. The first-order valence-electron chi connectivity index (χ1n) is 6.98. The summed E-state index contributed by atoms with van der Waals surface area (Å²) >= 11 is 1.97. The molecule has 2 fully saturated rings. The molecular formula is C15H20N2OS. The molecule has 1 aromatic carbocycles. The predicted octanol–water partition coefficient (Wildman–Crippen LogP) is 2.40. The lowest BCUT2D eigenvalue weighted by atomic mass is 10.1. The van der Waals surface area contributed by atoms with Crippen LogP contribution in [0.25, 0.3) is 0 Å². The van der Waals surface area contributed by atoms with E-state index in [0.717, 1.165) is 17.7 Å². The second-order valence-corrected chi connectivity index (χ2v) is 6.45. The quantitative estimate of drug-likeness (QED) is 0.900. The van der Waals surface area contributed by atoms with Crippen LogP contribution in [0.15, 0.2) is 30.3 Å². The van der Waals surface area contributed by atoms with Crippen LogP contribution in [-0.2, 0) is 4.79 Å². The largest absolute Gasteiger partial charge is 0.322 e. The van der Waals surface area contributed by atoms with E-state index < -0.39 is 0 Å². The van der Waals surface area contributed by atoms with Gasteiger partial charge in [-0.25, -0.2) is 0 Å². The van der Waals surface area contributed by atoms with Crippen LogP contribution >= 0.6 is 11.8 Å². The summed E-state index contributed by atoms with van der Waals surface area (Å²) in [5.74, 6) is 2.56. The highest BCUT2D eigenvalue weighted by atomic mass is 32.2. The van der Waals surface area contributed by atoms with Gasteiger partial charge in [-0.05, 0) is 31.1 Å². The molecule has 1 aromatic rings. The maximum absolute atomic E-state index is 12.7. The summed E-state index contributed by atoms with van der Waals surface area (Å²) in [6.45, 7) is 2.10. The van der Waals surface area contributed by atoms with Crippen LogP contribution in [0.5, 0.6) is 0 Å². The van der Waals surface area contributed by atoms with Crippen molar-refractivity contribution < 1.29 is 4.79 Å². The SMILES string of the molecule is CC1NC(c2ccccc2)C(=O)N1C1CCCSC1. The van der Waals surface area contributed by atoms with Gasteiger partial charge in [0.25, 0.3) is 0 Å². The number of rotatable bonds is 2. The topological polar surface area (TPSA) is 32.3 Å². The number of nitrogens with zero attached hydrogens (tertiary/aromatic N) is 1. The van der Waals surface area contributed by atoms with Gasteiger partial charge < -0.3 is 4.90 Å². The summed E-state index contributed by atoms with van der Waals surface area (Å²) in [5, 5.41) is 3.43. The molecule has 3 nitrogen and oxygen atoms in total. The van der Waals surface area contributed by atoms with Crippen LogP contribution < -0.4 is 5.32 Å². The predicted molar refractivity (Wildman–Crippen MR) is 79.0 cm³/mol. The minimum absolute atomic E-state index is 0.140. The van der Waals surface area contributed by atoms with Crippen molar-refractivity contribution in [1.29, 1.82) is 0 Å². The number of carbonyl (C=O) groups is 1. The average Bonchev–Trinajstić information content (AvgIpc) is 2.76. The first-order chi connectivity index (χ1) is 9.27. The fraction of sp³-hybridized carbons (Fsp3) is 0.533.